The van der Waals surface area contributed by atoms with E-state index in [0.717, 1.165) is 39.7 Å². The van der Waals surface area contributed by atoms with Crippen LogP contribution in [0.25, 0.3) is 5.78 Å². The van der Waals surface area contributed by atoms with Crippen molar-refractivity contribution in [1.29, 1.82) is 0 Å². The molecule has 0 bridgehead atoms. The van der Waals surface area contributed by atoms with Gasteiger partial charge in [0.15, 0.2) is 5.16 Å². The standard InChI is InChI=1S/C13H13F3N6S/c1-8-3-9(2)22-4-10(19-11(22)18-8)5-23-12-20-17-7-21(12)6-13(14,15)16/h3-4,7H,5-6H2,1-2H3. The van der Waals surface area contributed by atoms with E-state index >= 15 is 0 Å². The first-order valence-corrected chi connectivity index (χ1v) is 7.70. The monoisotopic (exact) mass is 342 g/mol. The van der Waals surface area contributed by atoms with Crippen LogP contribution in [0, 0.1) is 13.8 Å². The molecule has 3 heterocycles. The fraction of sp³-hybridized carbons (Fsp3) is 0.385. The first kappa shape index (κ1) is 15.8. The van der Waals surface area contributed by atoms with Crippen LogP contribution in [0.4, 0.5) is 13.2 Å². The lowest BCUT2D eigenvalue weighted by Gasteiger charge is -2.08. The Labute approximate surface area is 133 Å². The molecule has 3 aromatic rings. The molecule has 3 aromatic heterocycles. The smallest absolute Gasteiger partial charge is 0.299 e. The number of rotatable bonds is 4. The van der Waals surface area contributed by atoms with E-state index in [2.05, 4.69) is 20.2 Å². The summed E-state index contributed by atoms with van der Waals surface area (Å²) in [5.41, 5.74) is 2.58. The molecular formula is C13H13F3N6S. The number of halogens is 3. The van der Waals surface area contributed by atoms with Crippen molar-refractivity contribution in [2.75, 3.05) is 0 Å². The summed E-state index contributed by atoms with van der Waals surface area (Å²) in [5.74, 6) is 0.966. The van der Waals surface area contributed by atoms with Crippen molar-refractivity contribution < 1.29 is 13.2 Å². The number of imidazole rings is 1. The Morgan fingerprint density at radius 2 is 2.00 bits per heavy atom. The van der Waals surface area contributed by atoms with E-state index in [1.807, 2.05) is 30.5 Å². The van der Waals surface area contributed by atoms with E-state index in [4.69, 9.17) is 0 Å². The van der Waals surface area contributed by atoms with Gasteiger partial charge in [-0.15, -0.1) is 10.2 Å². The number of hydrogen-bond donors (Lipinski definition) is 0. The normalized spacial score (nSPS) is 12.2. The highest BCUT2D eigenvalue weighted by Crippen LogP contribution is 2.24. The second kappa shape index (κ2) is 5.84. The number of aromatic nitrogens is 6. The van der Waals surface area contributed by atoms with Gasteiger partial charge < -0.3 is 0 Å². The molecule has 23 heavy (non-hydrogen) atoms. The topological polar surface area (TPSA) is 60.9 Å². The van der Waals surface area contributed by atoms with Crippen molar-refractivity contribution in [2.45, 2.75) is 37.5 Å². The Bertz CT molecular complexity index is 838. The molecule has 122 valence electrons. The lowest BCUT2D eigenvalue weighted by Crippen LogP contribution is -2.17. The van der Waals surface area contributed by atoms with Crippen molar-refractivity contribution in [3.63, 3.8) is 0 Å². The maximum absolute atomic E-state index is 12.5. The maximum atomic E-state index is 12.5. The molecule has 0 radical (unpaired) electrons. The number of hydrogen-bond acceptors (Lipinski definition) is 5. The third-order valence-electron chi connectivity index (χ3n) is 3.09. The summed E-state index contributed by atoms with van der Waals surface area (Å²) >= 11 is 1.16. The SMILES string of the molecule is Cc1cc(C)n2cc(CSc3nncn3CC(F)(F)F)nc2n1. The van der Waals surface area contributed by atoms with Crippen LogP contribution in [-0.2, 0) is 12.3 Å². The Morgan fingerprint density at radius 1 is 1.22 bits per heavy atom. The van der Waals surface area contributed by atoms with Crippen LogP contribution >= 0.6 is 11.8 Å². The third kappa shape index (κ3) is 3.63. The molecule has 0 aromatic carbocycles. The van der Waals surface area contributed by atoms with E-state index in [0.29, 0.717) is 11.5 Å². The largest absolute Gasteiger partial charge is 0.406 e. The molecule has 0 amide bonds. The zero-order valence-corrected chi connectivity index (χ0v) is 13.2. The molecule has 0 aliphatic heterocycles. The molecule has 0 atom stereocenters. The Balaban J connectivity index is 1.77. The average Bonchev–Trinajstić information content (AvgIpc) is 3.01. The van der Waals surface area contributed by atoms with E-state index in [1.165, 1.54) is 0 Å². The first-order valence-electron chi connectivity index (χ1n) is 6.71. The van der Waals surface area contributed by atoms with Crippen molar-refractivity contribution in [3.05, 3.63) is 35.7 Å². The quantitative estimate of drug-likeness (QED) is 0.682. The van der Waals surface area contributed by atoms with Crippen LogP contribution in [0.1, 0.15) is 17.1 Å². The summed E-state index contributed by atoms with van der Waals surface area (Å²) < 4.78 is 40.3. The molecular weight excluding hydrogens is 329 g/mol. The highest BCUT2D eigenvalue weighted by molar-refractivity contribution is 7.98. The van der Waals surface area contributed by atoms with E-state index in [1.54, 1.807) is 0 Å². The van der Waals surface area contributed by atoms with Gasteiger partial charge in [0.1, 0.15) is 12.9 Å². The highest BCUT2D eigenvalue weighted by atomic mass is 32.2. The minimum Gasteiger partial charge on any atom is -0.299 e. The lowest BCUT2D eigenvalue weighted by atomic mass is 10.3. The fourth-order valence-electron chi connectivity index (χ4n) is 2.18. The number of nitrogens with zero attached hydrogens (tertiary/aromatic N) is 6. The molecule has 0 fully saturated rings. The van der Waals surface area contributed by atoms with Gasteiger partial charge in [0.25, 0.3) is 0 Å². The predicted molar refractivity (Wildman–Crippen MR) is 78.1 cm³/mol. The van der Waals surface area contributed by atoms with Gasteiger partial charge in [-0.3, -0.25) is 8.97 Å². The van der Waals surface area contributed by atoms with Gasteiger partial charge in [-0.2, -0.15) is 13.2 Å². The average molecular weight is 342 g/mol. The number of fused-ring (bicyclic) bond motifs is 1. The van der Waals surface area contributed by atoms with Gasteiger partial charge in [0.2, 0.25) is 5.78 Å². The highest BCUT2D eigenvalue weighted by Gasteiger charge is 2.29. The zero-order chi connectivity index (χ0) is 16.6. The molecule has 6 nitrogen and oxygen atoms in total. The number of aryl methyl sites for hydroxylation is 2. The van der Waals surface area contributed by atoms with Crippen molar-refractivity contribution in [3.8, 4) is 0 Å². The summed E-state index contributed by atoms with van der Waals surface area (Å²) in [6, 6.07) is 1.94. The van der Waals surface area contributed by atoms with Crippen LogP contribution < -0.4 is 0 Å². The molecule has 10 heteroatoms. The summed E-state index contributed by atoms with van der Waals surface area (Å²) in [7, 11) is 0. The van der Waals surface area contributed by atoms with Crippen LogP contribution in [0.15, 0.2) is 23.7 Å². The minimum absolute atomic E-state index is 0.209. The van der Waals surface area contributed by atoms with E-state index < -0.39 is 12.7 Å². The van der Waals surface area contributed by atoms with Gasteiger partial charge in [-0.25, -0.2) is 9.97 Å². The van der Waals surface area contributed by atoms with Crippen LogP contribution in [-0.4, -0.2) is 35.3 Å². The number of alkyl halides is 3. The second-order valence-electron chi connectivity index (χ2n) is 5.09. The Hall–Kier alpha value is -2.10. The first-order chi connectivity index (χ1) is 10.8. The van der Waals surface area contributed by atoms with Gasteiger partial charge >= 0.3 is 6.18 Å². The molecule has 0 aliphatic carbocycles. The lowest BCUT2D eigenvalue weighted by molar-refractivity contribution is -0.142. The predicted octanol–water partition coefficient (Wildman–Crippen LogP) is 2.79. The second-order valence-corrected chi connectivity index (χ2v) is 6.03. The summed E-state index contributed by atoms with van der Waals surface area (Å²) in [6.07, 6.45) is -1.40. The van der Waals surface area contributed by atoms with Crippen LogP contribution in [0.3, 0.4) is 0 Å². The molecule has 0 saturated carbocycles. The Morgan fingerprint density at radius 3 is 2.74 bits per heavy atom. The summed E-state index contributed by atoms with van der Waals surface area (Å²) in [4.78, 5) is 8.72. The van der Waals surface area contributed by atoms with Crippen molar-refractivity contribution >= 4 is 17.5 Å². The molecule has 0 aliphatic rings. The molecule has 0 saturated heterocycles. The zero-order valence-electron chi connectivity index (χ0n) is 12.4. The van der Waals surface area contributed by atoms with Gasteiger partial charge in [-0.05, 0) is 19.9 Å². The fourth-order valence-corrected chi connectivity index (χ4v) is 2.98. The minimum atomic E-state index is -4.31. The van der Waals surface area contributed by atoms with Gasteiger partial charge in [0.05, 0.1) is 5.69 Å². The van der Waals surface area contributed by atoms with Crippen molar-refractivity contribution in [2.24, 2.45) is 0 Å². The molecule has 0 spiro atoms. The molecule has 3 rings (SSSR count). The van der Waals surface area contributed by atoms with Crippen molar-refractivity contribution in [1.82, 2.24) is 29.1 Å². The molecule has 0 N–H and O–H groups in total. The maximum Gasteiger partial charge on any atom is 0.406 e. The van der Waals surface area contributed by atoms with Gasteiger partial charge in [-0.1, -0.05) is 11.8 Å². The third-order valence-corrected chi connectivity index (χ3v) is 4.10. The summed E-state index contributed by atoms with van der Waals surface area (Å²) in [5, 5.41) is 7.48. The van der Waals surface area contributed by atoms with Crippen LogP contribution in [0.2, 0.25) is 0 Å². The van der Waals surface area contributed by atoms with E-state index in [9.17, 15) is 13.2 Å². The summed E-state index contributed by atoms with van der Waals surface area (Å²) in [6.45, 7) is 2.73. The van der Waals surface area contributed by atoms with Gasteiger partial charge in [0, 0.05) is 23.3 Å². The van der Waals surface area contributed by atoms with Crippen LogP contribution in [0.5, 0.6) is 0 Å². The Kier molecular flexibility index (Phi) is 4.00. The van der Waals surface area contributed by atoms with E-state index in [-0.39, 0.29) is 5.16 Å². The molecule has 0 unspecified atom stereocenters. The number of thioether (sulfide) groups is 1.